The van der Waals surface area contributed by atoms with Crippen LogP contribution in [0.5, 0.6) is 11.5 Å². The van der Waals surface area contributed by atoms with E-state index in [0.717, 1.165) is 39.1 Å². The highest BCUT2D eigenvalue weighted by atomic mass is 19.1. The van der Waals surface area contributed by atoms with Crippen LogP contribution in [0.15, 0.2) is 78.9 Å². The van der Waals surface area contributed by atoms with E-state index in [1.807, 2.05) is 81.4 Å². The number of hydrogen-bond acceptors (Lipinski definition) is 5. The third-order valence-corrected chi connectivity index (χ3v) is 7.63. The largest absolute Gasteiger partial charge is 0.496 e. The maximum Gasteiger partial charge on any atom is 0.251 e. The molecule has 0 saturated carbocycles. The fraction of sp³-hybridized carbons (Fsp3) is 0.257. The molecule has 0 atom stereocenters. The van der Waals surface area contributed by atoms with Crippen molar-refractivity contribution in [1.29, 1.82) is 0 Å². The number of nitrogens with zero attached hydrogens (tertiary/aromatic N) is 1. The van der Waals surface area contributed by atoms with Gasteiger partial charge in [0.2, 0.25) is 0 Å². The van der Waals surface area contributed by atoms with E-state index in [1.165, 1.54) is 12.1 Å². The zero-order valence-corrected chi connectivity index (χ0v) is 24.6. The lowest BCUT2D eigenvalue weighted by molar-refractivity contribution is -0.122. The molecule has 42 heavy (non-hydrogen) atoms. The highest BCUT2D eigenvalue weighted by Crippen LogP contribution is 2.44. The van der Waals surface area contributed by atoms with Crippen LogP contribution in [-0.2, 0) is 29.0 Å². The number of rotatable bonds is 9. The molecule has 1 amide bonds. The summed E-state index contributed by atoms with van der Waals surface area (Å²) in [6.07, 6.45) is 0.640. The lowest BCUT2D eigenvalue weighted by atomic mass is 9.91. The first-order valence-electron chi connectivity index (χ1n) is 13.9. The predicted octanol–water partition coefficient (Wildman–Crippen LogP) is 6.91. The smallest absolute Gasteiger partial charge is 0.251 e. The Bertz CT molecular complexity index is 1650. The van der Waals surface area contributed by atoms with E-state index in [0.29, 0.717) is 23.6 Å². The molecule has 7 heteroatoms. The number of carbonyl (C=O) groups is 2. The first-order valence-corrected chi connectivity index (χ1v) is 13.9. The molecule has 4 aromatic carbocycles. The van der Waals surface area contributed by atoms with E-state index in [9.17, 15) is 14.0 Å². The fourth-order valence-corrected chi connectivity index (χ4v) is 5.49. The molecular formula is C35H35FN2O4. The molecule has 0 radical (unpaired) electrons. The summed E-state index contributed by atoms with van der Waals surface area (Å²) in [5.41, 5.74) is 5.67. The molecule has 0 bridgehead atoms. The Morgan fingerprint density at radius 2 is 1.62 bits per heavy atom. The highest BCUT2D eigenvalue weighted by molar-refractivity contribution is 6.08. The monoisotopic (exact) mass is 566 g/mol. The number of carbonyl (C=O) groups excluding carboxylic acids is 2. The number of hydrogen-bond donors (Lipinski definition) is 1. The average molecular weight is 567 g/mol. The van der Waals surface area contributed by atoms with Crippen molar-refractivity contribution in [3.8, 4) is 22.6 Å². The van der Waals surface area contributed by atoms with Crippen molar-refractivity contribution in [2.75, 3.05) is 24.4 Å². The first-order chi connectivity index (χ1) is 20.1. The molecule has 0 saturated heterocycles. The molecule has 6 nitrogen and oxygen atoms in total. The zero-order chi connectivity index (χ0) is 30.0. The van der Waals surface area contributed by atoms with Crippen molar-refractivity contribution in [1.82, 2.24) is 0 Å². The summed E-state index contributed by atoms with van der Waals surface area (Å²) in [7, 11) is 3.35. The molecule has 1 aliphatic rings. The van der Waals surface area contributed by atoms with Crippen LogP contribution in [0.3, 0.4) is 0 Å². The summed E-state index contributed by atoms with van der Waals surface area (Å²) in [6, 6.07) is 23.8. The quantitative estimate of drug-likeness (QED) is 0.239. The second kappa shape index (κ2) is 11.7. The summed E-state index contributed by atoms with van der Waals surface area (Å²) in [5.74, 6) is 0.658. The Labute approximate surface area is 246 Å². The number of ether oxygens (including phenoxy) is 2. The first kappa shape index (κ1) is 28.9. The third-order valence-electron chi connectivity index (χ3n) is 7.63. The van der Waals surface area contributed by atoms with Crippen LogP contribution in [0.25, 0.3) is 11.1 Å². The van der Waals surface area contributed by atoms with Crippen molar-refractivity contribution >= 4 is 23.1 Å². The minimum absolute atomic E-state index is 0.0863. The van der Waals surface area contributed by atoms with Gasteiger partial charge in [0.15, 0.2) is 0 Å². The molecule has 0 unspecified atom stereocenters. The summed E-state index contributed by atoms with van der Waals surface area (Å²) in [6.45, 7) is 5.63. The van der Waals surface area contributed by atoms with E-state index in [-0.39, 0.29) is 30.5 Å². The molecule has 0 spiro atoms. The normalized spacial score (nSPS) is 13.8. The highest BCUT2D eigenvalue weighted by Gasteiger charge is 2.38. The number of methoxy groups -OCH3 is 1. The van der Waals surface area contributed by atoms with Gasteiger partial charge in [0.1, 0.15) is 35.2 Å². The van der Waals surface area contributed by atoms with Crippen LogP contribution >= 0.6 is 0 Å². The van der Waals surface area contributed by atoms with Gasteiger partial charge < -0.3 is 19.7 Å². The number of ketones is 1. The maximum atomic E-state index is 14.1. The number of halogens is 1. The second-order valence-electron chi connectivity index (χ2n) is 11.2. The number of aryl methyl sites for hydroxylation is 1. The zero-order valence-electron chi connectivity index (χ0n) is 24.6. The molecule has 1 aliphatic heterocycles. The van der Waals surface area contributed by atoms with Gasteiger partial charge >= 0.3 is 0 Å². The van der Waals surface area contributed by atoms with Gasteiger partial charge in [0, 0.05) is 37.1 Å². The maximum absolute atomic E-state index is 14.1. The van der Waals surface area contributed by atoms with Crippen molar-refractivity contribution in [3.63, 3.8) is 0 Å². The van der Waals surface area contributed by atoms with Crippen LogP contribution in [-0.4, -0.2) is 31.4 Å². The van der Waals surface area contributed by atoms with Gasteiger partial charge in [-0.3, -0.25) is 9.59 Å². The lowest BCUT2D eigenvalue weighted by Crippen LogP contribution is -2.52. The molecule has 0 fully saturated rings. The van der Waals surface area contributed by atoms with Gasteiger partial charge in [0.25, 0.3) is 5.91 Å². The number of benzene rings is 4. The Balaban J connectivity index is 1.54. The summed E-state index contributed by atoms with van der Waals surface area (Å²) < 4.78 is 26.1. The molecular weight excluding hydrogens is 531 g/mol. The molecule has 0 aliphatic carbocycles. The summed E-state index contributed by atoms with van der Waals surface area (Å²) >= 11 is 0. The number of Topliss-reactive ketones (excluding diaryl/α,β-unsaturated/α-hetero) is 1. The molecule has 1 N–H and O–H groups in total. The van der Waals surface area contributed by atoms with E-state index in [2.05, 4.69) is 5.32 Å². The number of anilines is 2. The SMILES string of the molecule is COc1cc(CC(=O)Cc2ccccc2)ccc1-c1ccc2c(c1COc1cc(F)ccc1C)N(C)C(=O)C(C)(C)N2. The van der Waals surface area contributed by atoms with Crippen LogP contribution < -0.4 is 19.7 Å². The van der Waals surface area contributed by atoms with Gasteiger partial charge in [-0.1, -0.05) is 54.6 Å². The van der Waals surface area contributed by atoms with Crippen LogP contribution in [0, 0.1) is 12.7 Å². The second-order valence-corrected chi connectivity index (χ2v) is 11.2. The predicted molar refractivity (Wildman–Crippen MR) is 164 cm³/mol. The van der Waals surface area contributed by atoms with Gasteiger partial charge in [-0.2, -0.15) is 0 Å². The van der Waals surface area contributed by atoms with Crippen molar-refractivity contribution in [2.24, 2.45) is 0 Å². The summed E-state index contributed by atoms with van der Waals surface area (Å²) in [5, 5.41) is 3.36. The number of amides is 1. The molecule has 216 valence electrons. The van der Waals surface area contributed by atoms with E-state index in [1.54, 1.807) is 25.1 Å². The minimum Gasteiger partial charge on any atom is -0.496 e. The number of nitrogens with one attached hydrogen (secondary N) is 1. The van der Waals surface area contributed by atoms with Crippen molar-refractivity contribution in [2.45, 2.75) is 45.8 Å². The third kappa shape index (κ3) is 5.86. The van der Waals surface area contributed by atoms with Crippen LogP contribution in [0.4, 0.5) is 15.8 Å². The summed E-state index contributed by atoms with van der Waals surface area (Å²) in [4.78, 5) is 27.8. The standard InChI is InChI=1S/C35H35FN2O4/c1-22-11-13-25(36)20-31(22)42-21-29-27(15-16-30-33(29)38(4)34(40)35(2,3)37-30)28-14-12-24(19-32(28)41-5)18-26(39)17-23-9-7-6-8-10-23/h6-16,19-20,37H,17-18,21H2,1-5H3. The van der Waals surface area contributed by atoms with E-state index < -0.39 is 5.54 Å². The van der Waals surface area contributed by atoms with Gasteiger partial charge in [0.05, 0.1) is 18.5 Å². The van der Waals surface area contributed by atoms with Gasteiger partial charge in [-0.15, -0.1) is 0 Å². The van der Waals surface area contributed by atoms with Crippen molar-refractivity contribution in [3.05, 3.63) is 107 Å². The Morgan fingerprint density at radius 1 is 0.905 bits per heavy atom. The van der Waals surface area contributed by atoms with Crippen molar-refractivity contribution < 1.29 is 23.5 Å². The Kier molecular flexibility index (Phi) is 8.03. The average Bonchev–Trinajstić information content (AvgIpc) is 2.96. The van der Waals surface area contributed by atoms with Crippen LogP contribution in [0.2, 0.25) is 0 Å². The van der Waals surface area contributed by atoms with E-state index >= 15 is 0 Å². The lowest BCUT2D eigenvalue weighted by Gasteiger charge is -2.39. The van der Waals surface area contributed by atoms with Gasteiger partial charge in [-0.25, -0.2) is 4.39 Å². The van der Waals surface area contributed by atoms with E-state index in [4.69, 9.17) is 9.47 Å². The number of likely N-dealkylation sites (N-methyl/N-ethyl adjacent to an activating group) is 1. The molecule has 1 heterocycles. The van der Waals surface area contributed by atoms with Gasteiger partial charge in [-0.05, 0) is 61.2 Å². The molecule has 5 rings (SSSR count). The minimum atomic E-state index is -0.786. The fourth-order valence-electron chi connectivity index (χ4n) is 5.49. The topological polar surface area (TPSA) is 67.9 Å². The van der Waals surface area contributed by atoms with Crippen LogP contribution in [0.1, 0.15) is 36.1 Å². The molecule has 4 aromatic rings. The Morgan fingerprint density at radius 3 is 2.36 bits per heavy atom. The number of fused-ring (bicyclic) bond motifs is 1. The molecule has 0 aromatic heterocycles. The Hall–Kier alpha value is -4.65.